The molecular formula is C8H19NaO2. The number of hydrogen-bond donors (Lipinski definition) is 1. The summed E-state index contributed by atoms with van der Waals surface area (Å²) < 4.78 is 0. The summed E-state index contributed by atoms with van der Waals surface area (Å²) in [5, 5.41) is 18.1. The molecule has 0 bridgehead atoms. The third kappa shape index (κ3) is 102. The molecule has 0 radical (unpaired) electrons. The summed E-state index contributed by atoms with van der Waals surface area (Å²) in [7, 11) is 0. The van der Waals surface area contributed by atoms with E-state index in [-0.39, 0.29) is 36.2 Å². The summed E-state index contributed by atoms with van der Waals surface area (Å²) in [5.41, 5.74) is -0.500. The molecule has 1 N–H and O–H groups in total. The first kappa shape index (κ1) is 17.9. The number of unbranched alkanes of at least 4 members (excludes halogenated alkanes) is 1. The summed E-state index contributed by atoms with van der Waals surface area (Å²) >= 11 is 0. The Bertz CT molecular complexity index is 51.6. The van der Waals surface area contributed by atoms with Crippen molar-refractivity contribution in [1.82, 2.24) is 0 Å². The monoisotopic (exact) mass is 170 g/mol. The summed E-state index contributed by atoms with van der Waals surface area (Å²) in [6, 6.07) is 0. The maximum absolute atomic E-state index is 9.53. The molecule has 0 aliphatic heterocycles. The van der Waals surface area contributed by atoms with E-state index in [9.17, 15) is 5.11 Å². The van der Waals surface area contributed by atoms with Crippen LogP contribution in [0.5, 0.6) is 0 Å². The Labute approximate surface area is 92.3 Å². The molecule has 0 spiro atoms. The van der Waals surface area contributed by atoms with Crippen LogP contribution in [0, 0.1) is 0 Å². The quantitative estimate of drug-likeness (QED) is 0.484. The third-order valence-corrected chi connectivity index (χ3v) is 0.498. The Morgan fingerprint density at radius 2 is 1.55 bits per heavy atom. The topological polar surface area (TPSA) is 43.3 Å². The molecule has 0 aromatic carbocycles. The first-order chi connectivity index (χ1) is 4.41. The molecule has 0 saturated heterocycles. The van der Waals surface area contributed by atoms with Crippen molar-refractivity contribution in [2.24, 2.45) is 0 Å². The van der Waals surface area contributed by atoms with Crippen LogP contribution in [0.25, 0.3) is 0 Å². The van der Waals surface area contributed by atoms with Gasteiger partial charge in [-0.3, -0.25) is 0 Å². The molecule has 0 rings (SSSR count). The van der Waals surface area contributed by atoms with Crippen LogP contribution >= 0.6 is 0 Å². The molecule has 3 heteroatoms. The van der Waals surface area contributed by atoms with Crippen molar-refractivity contribution >= 4 is 0 Å². The van der Waals surface area contributed by atoms with Crippen LogP contribution in [0.4, 0.5) is 0 Å². The minimum Gasteiger partial charge on any atom is -0.854 e. The molecule has 0 aromatic rings. The third-order valence-electron chi connectivity index (χ3n) is 0.498. The molecule has 11 heavy (non-hydrogen) atoms. The maximum atomic E-state index is 9.53. The van der Waals surface area contributed by atoms with Gasteiger partial charge in [-0.15, -0.1) is 6.61 Å². The fourth-order valence-corrected chi connectivity index (χ4v) is 0.144. The largest absolute Gasteiger partial charge is 1.00 e. The zero-order valence-electron chi connectivity index (χ0n) is 8.48. The Morgan fingerprint density at radius 1 is 1.27 bits per heavy atom. The van der Waals surface area contributed by atoms with Gasteiger partial charge >= 0.3 is 29.6 Å². The van der Waals surface area contributed by atoms with Crippen molar-refractivity contribution < 1.29 is 39.8 Å². The number of aliphatic hydroxyl groups is 1. The van der Waals surface area contributed by atoms with Gasteiger partial charge in [0.1, 0.15) is 0 Å². The van der Waals surface area contributed by atoms with Crippen molar-refractivity contribution in [3.63, 3.8) is 0 Å². The zero-order valence-corrected chi connectivity index (χ0v) is 10.5. The van der Waals surface area contributed by atoms with Gasteiger partial charge in [-0.05, 0) is 20.8 Å². The van der Waals surface area contributed by atoms with Crippen molar-refractivity contribution in [1.29, 1.82) is 0 Å². The zero-order chi connectivity index (χ0) is 8.62. The van der Waals surface area contributed by atoms with Crippen LogP contribution in [-0.4, -0.2) is 17.3 Å². The summed E-state index contributed by atoms with van der Waals surface area (Å²) in [4.78, 5) is 0. The Morgan fingerprint density at radius 3 is 1.55 bits per heavy atom. The minimum absolute atomic E-state index is 0. The van der Waals surface area contributed by atoms with Crippen LogP contribution in [0.3, 0.4) is 0 Å². The first-order valence-electron chi connectivity index (χ1n) is 3.72. The molecular weight excluding hydrogens is 151 g/mol. The van der Waals surface area contributed by atoms with Gasteiger partial charge in [0.15, 0.2) is 0 Å². The second-order valence-corrected chi connectivity index (χ2v) is 3.23. The van der Waals surface area contributed by atoms with E-state index in [4.69, 9.17) is 5.11 Å². The van der Waals surface area contributed by atoms with E-state index in [0.717, 1.165) is 12.8 Å². The van der Waals surface area contributed by atoms with Crippen molar-refractivity contribution in [3.8, 4) is 0 Å². The van der Waals surface area contributed by atoms with Crippen LogP contribution in [0.2, 0.25) is 0 Å². The standard InChI is InChI=1S/C4H10O.C4H9O.Na/c1-4(2,3)5;1-2-3-4-5;/h5H,1-3H3;2-4H2,1H3;/q;-1;+1. The molecule has 0 heterocycles. The maximum Gasteiger partial charge on any atom is 1.00 e. The Kier molecular flexibility index (Phi) is 17.7. The molecule has 0 unspecified atom stereocenters. The van der Waals surface area contributed by atoms with Gasteiger partial charge < -0.3 is 10.2 Å². The number of rotatable bonds is 2. The van der Waals surface area contributed by atoms with E-state index in [1.54, 1.807) is 20.8 Å². The Hall–Kier alpha value is 0.920. The molecule has 0 aliphatic carbocycles. The molecule has 2 nitrogen and oxygen atoms in total. The SMILES string of the molecule is CC(C)(C)O.CCCC[O-].[Na+]. The van der Waals surface area contributed by atoms with Gasteiger partial charge in [-0.25, -0.2) is 0 Å². The van der Waals surface area contributed by atoms with E-state index >= 15 is 0 Å². The van der Waals surface area contributed by atoms with Crippen LogP contribution in [0.15, 0.2) is 0 Å². The molecule has 0 aliphatic rings. The van der Waals surface area contributed by atoms with Gasteiger partial charge in [0.2, 0.25) is 0 Å². The second kappa shape index (κ2) is 10.9. The summed E-state index contributed by atoms with van der Waals surface area (Å²) in [6.45, 7) is 7.33. The predicted octanol–water partition coefficient (Wildman–Crippen LogP) is -2.07. The van der Waals surface area contributed by atoms with Crippen molar-refractivity contribution in [2.75, 3.05) is 6.61 Å². The van der Waals surface area contributed by atoms with Gasteiger partial charge in [0.05, 0.1) is 5.60 Å². The summed E-state index contributed by atoms with van der Waals surface area (Å²) in [6.07, 6.45) is 1.86. The van der Waals surface area contributed by atoms with E-state index < -0.39 is 5.60 Å². The van der Waals surface area contributed by atoms with E-state index in [1.807, 2.05) is 6.92 Å². The minimum atomic E-state index is -0.500. The molecule has 0 aromatic heterocycles. The number of hydrogen-bond acceptors (Lipinski definition) is 2. The van der Waals surface area contributed by atoms with Gasteiger partial charge in [-0.2, -0.15) is 0 Å². The van der Waals surface area contributed by atoms with Crippen LogP contribution in [-0.2, 0) is 0 Å². The molecule has 64 valence electrons. The van der Waals surface area contributed by atoms with Gasteiger partial charge in [0, 0.05) is 0 Å². The average Bonchev–Trinajstić information content (AvgIpc) is 1.63. The van der Waals surface area contributed by atoms with Crippen LogP contribution < -0.4 is 34.7 Å². The predicted molar refractivity (Wildman–Crippen MR) is 41.7 cm³/mol. The Balaban J connectivity index is -0.000000107. The molecule has 0 amide bonds. The van der Waals surface area contributed by atoms with Gasteiger partial charge in [-0.1, -0.05) is 19.8 Å². The first-order valence-corrected chi connectivity index (χ1v) is 3.72. The molecule has 0 saturated carbocycles. The average molecular weight is 170 g/mol. The fourth-order valence-electron chi connectivity index (χ4n) is 0.144. The second-order valence-electron chi connectivity index (χ2n) is 3.23. The molecule has 0 atom stereocenters. The van der Waals surface area contributed by atoms with E-state index in [1.165, 1.54) is 0 Å². The normalized spacial score (nSPS) is 9.27. The van der Waals surface area contributed by atoms with Crippen LogP contribution in [0.1, 0.15) is 40.5 Å². The van der Waals surface area contributed by atoms with Gasteiger partial charge in [0.25, 0.3) is 0 Å². The smallest absolute Gasteiger partial charge is 0.854 e. The van der Waals surface area contributed by atoms with Crippen molar-refractivity contribution in [3.05, 3.63) is 0 Å². The fraction of sp³-hybridized carbons (Fsp3) is 1.00. The van der Waals surface area contributed by atoms with E-state index in [0.29, 0.717) is 0 Å². The van der Waals surface area contributed by atoms with Crippen molar-refractivity contribution in [2.45, 2.75) is 46.1 Å². The summed E-state index contributed by atoms with van der Waals surface area (Å²) in [5.74, 6) is 0. The molecule has 0 fully saturated rings. The van der Waals surface area contributed by atoms with E-state index in [2.05, 4.69) is 0 Å².